The van der Waals surface area contributed by atoms with Gasteiger partial charge in [0, 0.05) is 18.7 Å². The first kappa shape index (κ1) is 25.8. The lowest BCUT2D eigenvalue weighted by Gasteiger charge is -2.26. The van der Waals surface area contributed by atoms with Crippen LogP contribution in [0, 0.1) is 0 Å². The van der Waals surface area contributed by atoms with Crippen molar-refractivity contribution in [1.82, 2.24) is 9.80 Å². The van der Waals surface area contributed by atoms with E-state index in [2.05, 4.69) is 0 Å². The summed E-state index contributed by atoms with van der Waals surface area (Å²) < 4.78 is 10.9. The number of carbonyl (C=O) groups is 3. The lowest BCUT2D eigenvalue weighted by molar-refractivity contribution is -0.140. The van der Waals surface area contributed by atoms with Gasteiger partial charge in [0.2, 0.25) is 0 Å². The lowest BCUT2D eigenvalue weighted by Crippen LogP contribution is -2.35. The molecule has 3 rings (SSSR count). The Bertz CT molecular complexity index is 1090. The number of nitrogens with two attached hydrogens (primary N) is 1. The number of likely N-dealkylation sites (N-methyl/N-ethyl adjacent to an activating group) is 1. The van der Waals surface area contributed by atoms with Crippen molar-refractivity contribution in [3.05, 3.63) is 65.2 Å². The predicted octanol–water partition coefficient (Wildman–Crippen LogP) is 2.32. The highest BCUT2D eigenvalue weighted by Gasteiger charge is 2.45. The van der Waals surface area contributed by atoms with Gasteiger partial charge in [0.05, 0.1) is 18.2 Å². The number of nitrogens with zero attached hydrogens (tertiary/aromatic N) is 2. The molecule has 9 heteroatoms. The van der Waals surface area contributed by atoms with Crippen molar-refractivity contribution < 1.29 is 29.0 Å². The highest BCUT2D eigenvalue weighted by Crippen LogP contribution is 2.39. The Kier molecular flexibility index (Phi) is 8.48. The quantitative estimate of drug-likeness (QED) is 0.287. The zero-order valence-corrected chi connectivity index (χ0v) is 20.2. The highest BCUT2D eigenvalue weighted by atomic mass is 16.5. The standard InChI is InChI=1S/C26H31N3O6/c1-4-15-34-19-11-7-18(8-12-19)24(31)22-23(29(14-13-28(2)3)26(33)25(22)32)17-5-9-20(10-6-17)35-16-21(27)30/h5-12,23,31H,4,13-16H2,1-3H3,(H2,27,30)/b24-22+. The Hall–Kier alpha value is -3.85. The van der Waals surface area contributed by atoms with E-state index in [0.29, 0.717) is 42.3 Å². The van der Waals surface area contributed by atoms with Gasteiger partial charge in [-0.05, 0) is 62.5 Å². The molecule has 3 N–H and O–H groups in total. The predicted molar refractivity (Wildman–Crippen MR) is 131 cm³/mol. The van der Waals surface area contributed by atoms with Gasteiger partial charge in [0.25, 0.3) is 17.6 Å². The normalized spacial score (nSPS) is 17.1. The van der Waals surface area contributed by atoms with E-state index < -0.39 is 23.6 Å². The first-order valence-corrected chi connectivity index (χ1v) is 11.4. The summed E-state index contributed by atoms with van der Waals surface area (Å²) in [6.45, 7) is 3.14. The maximum atomic E-state index is 13.1. The van der Waals surface area contributed by atoms with E-state index in [0.717, 1.165) is 6.42 Å². The Morgan fingerprint density at radius 1 is 1.03 bits per heavy atom. The molecule has 35 heavy (non-hydrogen) atoms. The van der Waals surface area contributed by atoms with Crippen LogP contribution in [0.5, 0.6) is 11.5 Å². The molecule has 0 radical (unpaired) electrons. The van der Waals surface area contributed by atoms with Gasteiger partial charge in [-0.25, -0.2) is 0 Å². The number of aliphatic hydroxyl groups is 1. The first-order valence-electron chi connectivity index (χ1n) is 11.4. The number of primary amides is 1. The third-order valence-electron chi connectivity index (χ3n) is 5.51. The highest BCUT2D eigenvalue weighted by molar-refractivity contribution is 6.46. The van der Waals surface area contributed by atoms with E-state index >= 15 is 0 Å². The van der Waals surface area contributed by atoms with Gasteiger partial charge in [-0.2, -0.15) is 0 Å². The third kappa shape index (κ3) is 6.19. The summed E-state index contributed by atoms with van der Waals surface area (Å²) in [5, 5.41) is 11.2. The minimum absolute atomic E-state index is 0.0155. The largest absolute Gasteiger partial charge is 0.507 e. The summed E-state index contributed by atoms with van der Waals surface area (Å²) in [5.41, 5.74) is 6.17. The van der Waals surface area contributed by atoms with Crippen LogP contribution in [0.15, 0.2) is 54.1 Å². The van der Waals surface area contributed by atoms with Gasteiger partial charge in [-0.1, -0.05) is 19.1 Å². The van der Waals surface area contributed by atoms with Gasteiger partial charge >= 0.3 is 0 Å². The van der Waals surface area contributed by atoms with Crippen molar-refractivity contribution in [1.29, 1.82) is 0 Å². The van der Waals surface area contributed by atoms with Gasteiger partial charge in [-0.3, -0.25) is 14.4 Å². The number of benzene rings is 2. The second-order valence-corrected chi connectivity index (χ2v) is 8.49. The van der Waals surface area contributed by atoms with Crippen LogP contribution >= 0.6 is 0 Å². The molecule has 186 valence electrons. The molecule has 1 saturated heterocycles. The number of amides is 2. The van der Waals surface area contributed by atoms with E-state index in [9.17, 15) is 19.5 Å². The van der Waals surface area contributed by atoms with E-state index in [1.165, 1.54) is 4.90 Å². The SMILES string of the molecule is CCCOc1ccc(/C(O)=C2\C(=O)C(=O)N(CCN(C)C)C2c2ccc(OCC(N)=O)cc2)cc1. The molecule has 1 aliphatic rings. The van der Waals surface area contributed by atoms with Crippen LogP contribution in [-0.2, 0) is 14.4 Å². The molecule has 2 aromatic carbocycles. The lowest BCUT2D eigenvalue weighted by atomic mass is 9.95. The monoisotopic (exact) mass is 481 g/mol. The summed E-state index contributed by atoms with van der Waals surface area (Å²) in [6, 6.07) is 12.6. The molecule has 0 bridgehead atoms. The van der Waals surface area contributed by atoms with Crippen molar-refractivity contribution in [3.63, 3.8) is 0 Å². The number of Topliss-reactive ketones (excluding diaryl/α,β-unsaturated/α-hetero) is 1. The number of hydrogen-bond acceptors (Lipinski definition) is 7. The van der Waals surface area contributed by atoms with E-state index in [1.807, 2.05) is 25.9 Å². The number of ether oxygens (including phenoxy) is 2. The summed E-state index contributed by atoms with van der Waals surface area (Å²) in [4.78, 5) is 40.4. The molecule has 2 aromatic rings. The summed E-state index contributed by atoms with van der Waals surface area (Å²) in [7, 11) is 3.75. The van der Waals surface area contributed by atoms with Crippen LogP contribution in [0.2, 0.25) is 0 Å². The van der Waals surface area contributed by atoms with Crippen molar-refractivity contribution >= 4 is 23.4 Å². The molecule has 1 heterocycles. The fourth-order valence-electron chi connectivity index (χ4n) is 3.75. The van der Waals surface area contributed by atoms with Crippen LogP contribution in [0.1, 0.15) is 30.5 Å². The fourth-order valence-corrected chi connectivity index (χ4v) is 3.75. The molecule has 2 amide bonds. The molecule has 1 aliphatic heterocycles. The van der Waals surface area contributed by atoms with E-state index in [-0.39, 0.29) is 17.9 Å². The molecule has 0 aromatic heterocycles. The maximum absolute atomic E-state index is 13.1. The maximum Gasteiger partial charge on any atom is 0.295 e. The second-order valence-electron chi connectivity index (χ2n) is 8.49. The van der Waals surface area contributed by atoms with Crippen LogP contribution in [-0.4, -0.2) is 72.9 Å². The summed E-state index contributed by atoms with van der Waals surface area (Å²) in [6.07, 6.45) is 0.866. The third-order valence-corrected chi connectivity index (χ3v) is 5.51. The summed E-state index contributed by atoms with van der Waals surface area (Å²) in [5.74, 6) is -1.20. The van der Waals surface area contributed by atoms with Crippen molar-refractivity contribution in [2.45, 2.75) is 19.4 Å². The van der Waals surface area contributed by atoms with Gasteiger partial charge < -0.3 is 30.1 Å². The number of likely N-dealkylation sites (tertiary alicyclic amines) is 1. The molecule has 0 aliphatic carbocycles. The molecule has 9 nitrogen and oxygen atoms in total. The number of ketones is 1. The van der Waals surface area contributed by atoms with E-state index in [4.69, 9.17) is 15.2 Å². The molecule has 1 fully saturated rings. The number of rotatable bonds is 11. The van der Waals surface area contributed by atoms with Crippen molar-refractivity contribution in [2.75, 3.05) is 40.4 Å². The molecular weight excluding hydrogens is 450 g/mol. The average Bonchev–Trinajstić information content (AvgIpc) is 3.10. The molecule has 0 spiro atoms. The second kappa shape index (κ2) is 11.5. The topological polar surface area (TPSA) is 122 Å². The minimum atomic E-state index is -0.781. The van der Waals surface area contributed by atoms with Crippen LogP contribution in [0.4, 0.5) is 0 Å². The number of hydrogen-bond donors (Lipinski definition) is 2. The molecule has 1 atom stereocenters. The van der Waals surface area contributed by atoms with Gasteiger partial charge in [-0.15, -0.1) is 0 Å². The van der Waals surface area contributed by atoms with Gasteiger partial charge in [0.15, 0.2) is 6.61 Å². The summed E-state index contributed by atoms with van der Waals surface area (Å²) >= 11 is 0. The van der Waals surface area contributed by atoms with Crippen molar-refractivity contribution in [2.24, 2.45) is 5.73 Å². The van der Waals surface area contributed by atoms with Gasteiger partial charge in [0.1, 0.15) is 17.3 Å². The number of carbonyl (C=O) groups excluding carboxylic acids is 3. The average molecular weight is 482 g/mol. The zero-order chi connectivity index (χ0) is 25.5. The minimum Gasteiger partial charge on any atom is -0.507 e. The molecule has 0 saturated carbocycles. The zero-order valence-electron chi connectivity index (χ0n) is 20.2. The smallest absolute Gasteiger partial charge is 0.295 e. The Morgan fingerprint density at radius 3 is 2.20 bits per heavy atom. The Balaban J connectivity index is 2.00. The Labute approximate surface area is 204 Å². The molecule has 1 unspecified atom stereocenters. The van der Waals surface area contributed by atoms with Crippen molar-refractivity contribution in [3.8, 4) is 11.5 Å². The molecular formula is C26H31N3O6. The Morgan fingerprint density at radius 2 is 1.63 bits per heavy atom. The number of aliphatic hydroxyl groups excluding tert-OH is 1. The fraction of sp³-hybridized carbons (Fsp3) is 0.346. The van der Waals surface area contributed by atoms with E-state index in [1.54, 1.807) is 48.5 Å². The van der Waals surface area contributed by atoms with Crippen LogP contribution < -0.4 is 15.2 Å². The first-order chi connectivity index (χ1) is 16.7. The van der Waals surface area contributed by atoms with Crippen LogP contribution in [0.25, 0.3) is 5.76 Å². The van der Waals surface area contributed by atoms with Crippen LogP contribution in [0.3, 0.4) is 0 Å².